The quantitative estimate of drug-likeness (QED) is 0.538. The van der Waals surface area contributed by atoms with Crippen LogP contribution in [0.15, 0.2) is 9.65 Å². The lowest BCUT2D eigenvalue weighted by molar-refractivity contribution is -0.831. The van der Waals surface area contributed by atoms with Crippen LogP contribution in [0.3, 0.4) is 0 Å². The molecule has 1 heterocycles. The lowest BCUT2D eigenvalue weighted by atomic mass is 10.3. The molecule has 0 unspecified atom stereocenters. The minimum Gasteiger partial charge on any atom is -0.396 e. The minimum absolute atomic E-state index is 0.0536. The van der Waals surface area contributed by atoms with Crippen molar-refractivity contribution in [1.29, 1.82) is 0 Å². The topological polar surface area (TPSA) is 102 Å². The Hall–Kier alpha value is -1.28. The highest BCUT2D eigenvalue weighted by Crippen LogP contribution is 2.16. The van der Waals surface area contributed by atoms with Gasteiger partial charge in [0.15, 0.2) is 0 Å². The summed E-state index contributed by atoms with van der Waals surface area (Å²) in [5, 5.41) is 25.8. The molecular weight excluding hydrogens is 234 g/mol. The zero-order valence-corrected chi connectivity index (χ0v) is 9.78. The molecule has 16 heavy (non-hydrogen) atoms. The highest BCUT2D eigenvalue weighted by atomic mass is 32.2. The third-order valence-corrected chi connectivity index (χ3v) is 2.54. The van der Waals surface area contributed by atoms with E-state index in [2.05, 4.69) is 15.1 Å². The number of aromatic nitrogens is 2. The third-order valence-electron chi connectivity index (χ3n) is 1.54. The number of hydrogen-bond donors (Lipinski definition) is 2. The number of nitrogens with one attached hydrogen (secondary N) is 1. The number of aliphatic hydroxyl groups is 1. The van der Waals surface area contributed by atoms with Crippen LogP contribution in [0, 0.1) is 5.21 Å². The molecule has 0 saturated carbocycles. The van der Waals surface area contributed by atoms with Crippen molar-refractivity contribution >= 4 is 17.7 Å². The summed E-state index contributed by atoms with van der Waals surface area (Å²) >= 11 is 1.02. The van der Waals surface area contributed by atoms with Crippen LogP contribution < -0.4 is 10.2 Å². The van der Waals surface area contributed by atoms with Gasteiger partial charge in [-0.25, -0.2) is 0 Å². The van der Waals surface area contributed by atoms with Crippen molar-refractivity contribution in [2.45, 2.75) is 24.9 Å². The van der Waals surface area contributed by atoms with Crippen LogP contribution in [0.5, 0.6) is 0 Å². The SMILES string of the molecule is CC(C)NC(=O)c1no[n+]([O-])c1SCCO. The smallest absolute Gasteiger partial charge is 0.319 e. The van der Waals surface area contributed by atoms with Crippen molar-refractivity contribution in [2.75, 3.05) is 12.4 Å². The number of nitrogens with zero attached hydrogens (tertiary/aromatic N) is 2. The van der Waals surface area contributed by atoms with Gasteiger partial charge in [0.1, 0.15) is 0 Å². The predicted octanol–water partition coefficient (Wildman–Crippen LogP) is -0.469. The van der Waals surface area contributed by atoms with E-state index in [1.807, 2.05) is 0 Å². The summed E-state index contributed by atoms with van der Waals surface area (Å²) in [4.78, 5) is 11.8. The van der Waals surface area contributed by atoms with E-state index in [1.165, 1.54) is 0 Å². The average molecular weight is 247 g/mol. The zero-order chi connectivity index (χ0) is 12.1. The van der Waals surface area contributed by atoms with Crippen LogP contribution in [0.4, 0.5) is 0 Å². The fourth-order valence-electron chi connectivity index (χ4n) is 0.973. The van der Waals surface area contributed by atoms with Gasteiger partial charge in [-0.05, 0) is 18.8 Å². The molecule has 0 aliphatic carbocycles. The highest BCUT2D eigenvalue weighted by Gasteiger charge is 2.26. The Morgan fingerprint density at radius 1 is 1.75 bits per heavy atom. The number of carbonyl (C=O) groups excluding carboxylic acids is 1. The Balaban J connectivity index is 2.82. The van der Waals surface area contributed by atoms with Gasteiger partial charge in [0.2, 0.25) is 0 Å². The molecule has 1 amide bonds. The van der Waals surface area contributed by atoms with Gasteiger partial charge >= 0.3 is 11.6 Å². The van der Waals surface area contributed by atoms with Crippen molar-refractivity contribution in [3.05, 3.63) is 10.9 Å². The Morgan fingerprint density at radius 3 is 3.00 bits per heavy atom. The van der Waals surface area contributed by atoms with Crippen molar-refractivity contribution in [1.82, 2.24) is 10.5 Å². The molecule has 0 aromatic carbocycles. The van der Waals surface area contributed by atoms with E-state index in [-0.39, 0.29) is 28.3 Å². The molecule has 0 saturated heterocycles. The highest BCUT2D eigenvalue weighted by molar-refractivity contribution is 7.99. The van der Waals surface area contributed by atoms with Gasteiger partial charge < -0.3 is 15.6 Å². The van der Waals surface area contributed by atoms with Gasteiger partial charge in [-0.2, -0.15) is 0 Å². The number of thioether (sulfide) groups is 1. The first-order chi connectivity index (χ1) is 7.56. The molecule has 0 radical (unpaired) electrons. The van der Waals surface area contributed by atoms with E-state index < -0.39 is 5.91 Å². The summed E-state index contributed by atoms with van der Waals surface area (Å²) in [6.07, 6.45) is 0. The zero-order valence-electron chi connectivity index (χ0n) is 8.97. The summed E-state index contributed by atoms with van der Waals surface area (Å²) in [6.45, 7) is 3.49. The lowest BCUT2D eigenvalue weighted by Crippen LogP contribution is -2.32. The van der Waals surface area contributed by atoms with Crippen LogP contribution in [-0.2, 0) is 0 Å². The summed E-state index contributed by atoms with van der Waals surface area (Å²) in [5.41, 5.74) is -0.0536. The first kappa shape index (κ1) is 12.8. The van der Waals surface area contributed by atoms with Crippen molar-refractivity contribution in [3.8, 4) is 0 Å². The molecule has 0 aliphatic heterocycles. The summed E-state index contributed by atoms with van der Waals surface area (Å²) in [7, 11) is 0. The molecule has 8 heteroatoms. The van der Waals surface area contributed by atoms with Gasteiger partial charge in [-0.3, -0.25) is 9.42 Å². The largest absolute Gasteiger partial charge is 0.396 e. The van der Waals surface area contributed by atoms with Gasteiger partial charge in [0, 0.05) is 11.8 Å². The Labute approximate surface area is 96.3 Å². The monoisotopic (exact) mass is 247 g/mol. The summed E-state index contributed by atoms with van der Waals surface area (Å²) in [6, 6.07) is -0.0556. The van der Waals surface area contributed by atoms with E-state index in [0.29, 0.717) is 5.75 Å². The van der Waals surface area contributed by atoms with E-state index in [4.69, 9.17) is 5.11 Å². The molecule has 0 aliphatic rings. The maximum Gasteiger partial charge on any atom is 0.319 e. The molecule has 0 bridgehead atoms. The molecule has 1 rings (SSSR count). The fraction of sp³-hybridized carbons (Fsp3) is 0.625. The van der Waals surface area contributed by atoms with Crippen LogP contribution in [-0.4, -0.2) is 34.6 Å². The van der Waals surface area contributed by atoms with E-state index in [1.54, 1.807) is 13.8 Å². The molecule has 2 N–H and O–H groups in total. The minimum atomic E-state index is -0.464. The van der Waals surface area contributed by atoms with E-state index >= 15 is 0 Å². The summed E-state index contributed by atoms with van der Waals surface area (Å²) < 4.78 is 4.34. The number of hydrogen-bond acceptors (Lipinski definition) is 6. The standard InChI is InChI=1S/C8H13N3O4S/c1-5(2)9-7(13)6-8(16-4-3-12)11(14)15-10-6/h5,12H,3-4H2,1-2H3,(H,9,13). The maximum absolute atomic E-state index is 11.6. The third kappa shape index (κ3) is 3.11. The second kappa shape index (κ2) is 5.71. The summed E-state index contributed by atoms with van der Waals surface area (Å²) in [5.74, 6) is -0.167. The Kier molecular flexibility index (Phi) is 4.56. The number of carbonyl (C=O) groups is 1. The molecule has 0 atom stereocenters. The van der Waals surface area contributed by atoms with Crippen LogP contribution in [0.2, 0.25) is 0 Å². The van der Waals surface area contributed by atoms with Crippen molar-refractivity contribution in [2.24, 2.45) is 0 Å². The first-order valence-corrected chi connectivity index (χ1v) is 5.69. The lowest BCUT2D eigenvalue weighted by Gasteiger charge is -2.04. The Morgan fingerprint density at radius 2 is 2.44 bits per heavy atom. The van der Waals surface area contributed by atoms with Crippen molar-refractivity contribution in [3.63, 3.8) is 0 Å². The molecule has 0 spiro atoms. The van der Waals surface area contributed by atoms with E-state index in [0.717, 1.165) is 11.8 Å². The normalized spacial score (nSPS) is 10.8. The van der Waals surface area contributed by atoms with Gasteiger partial charge in [0.05, 0.1) is 11.8 Å². The average Bonchev–Trinajstić information content (AvgIpc) is 2.56. The van der Waals surface area contributed by atoms with Gasteiger partial charge in [-0.15, -0.1) is 0 Å². The van der Waals surface area contributed by atoms with Crippen LogP contribution >= 0.6 is 11.8 Å². The fourth-order valence-corrected chi connectivity index (χ4v) is 1.66. The van der Waals surface area contributed by atoms with Gasteiger partial charge in [0.25, 0.3) is 5.03 Å². The second-order valence-corrected chi connectivity index (χ2v) is 4.37. The first-order valence-electron chi connectivity index (χ1n) is 4.70. The molecule has 1 aromatic heterocycles. The second-order valence-electron chi connectivity index (χ2n) is 3.28. The predicted molar refractivity (Wildman–Crippen MR) is 55.9 cm³/mol. The van der Waals surface area contributed by atoms with Crippen LogP contribution in [0.25, 0.3) is 0 Å². The van der Waals surface area contributed by atoms with Crippen LogP contribution in [0.1, 0.15) is 24.3 Å². The molecule has 0 fully saturated rings. The van der Waals surface area contributed by atoms with Crippen molar-refractivity contribution < 1.29 is 19.4 Å². The van der Waals surface area contributed by atoms with Gasteiger partial charge in [-0.1, -0.05) is 11.8 Å². The molecular formula is C8H13N3O4S. The number of rotatable bonds is 5. The number of aliphatic hydroxyl groups excluding tert-OH is 1. The van der Waals surface area contributed by atoms with E-state index in [9.17, 15) is 10.0 Å². The molecule has 1 aromatic rings. The number of amides is 1. The molecule has 7 nitrogen and oxygen atoms in total. The maximum atomic E-state index is 11.6. The Bertz CT molecular complexity index is 366. The molecule has 90 valence electrons.